The van der Waals surface area contributed by atoms with Gasteiger partial charge < -0.3 is 25.8 Å². The molecule has 4 aromatic rings. The number of alkyl carbamates (subject to hydrolysis) is 1. The summed E-state index contributed by atoms with van der Waals surface area (Å²) in [4.78, 5) is 50.4. The number of rotatable bonds is 10. The fourth-order valence-electron chi connectivity index (χ4n) is 4.10. The Kier molecular flexibility index (Phi) is 9.86. The topological polar surface area (TPSA) is 173 Å². The number of aromatic nitrogens is 5. The number of benzene rings is 1. The van der Waals surface area contributed by atoms with Gasteiger partial charge in [-0.25, -0.2) is 24.5 Å². The Morgan fingerprint density at radius 1 is 1.07 bits per heavy atom. The Morgan fingerprint density at radius 3 is 2.47 bits per heavy atom. The van der Waals surface area contributed by atoms with E-state index in [-0.39, 0.29) is 17.9 Å². The van der Waals surface area contributed by atoms with E-state index in [2.05, 4.69) is 56.8 Å². The van der Waals surface area contributed by atoms with Crippen LogP contribution in [0, 0.1) is 6.92 Å². The van der Waals surface area contributed by atoms with Crippen molar-refractivity contribution in [2.24, 2.45) is 0 Å². The van der Waals surface area contributed by atoms with E-state index in [1.165, 1.54) is 22.2 Å². The number of thiazole rings is 1. The number of carboxylic acid groups (broad SMARTS) is 1. The van der Waals surface area contributed by atoms with Crippen molar-refractivity contribution in [3.8, 4) is 11.3 Å². The molecule has 0 bridgehead atoms. The van der Waals surface area contributed by atoms with E-state index < -0.39 is 23.7 Å². The maximum atomic E-state index is 12.7. The second kappa shape index (κ2) is 13.4. The van der Waals surface area contributed by atoms with Crippen LogP contribution in [0.5, 0.6) is 0 Å². The lowest BCUT2D eigenvalue weighted by Crippen LogP contribution is -2.45. The van der Waals surface area contributed by atoms with Gasteiger partial charge in [0.05, 0.1) is 35.3 Å². The molecule has 14 heteroatoms. The number of hydrogen-bond donors (Lipinski definition) is 4. The van der Waals surface area contributed by atoms with Crippen LogP contribution in [-0.4, -0.2) is 59.5 Å². The molecule has 2 amide bonds. The van der Waals surface area contributed by atoms with Gasteiger partial charge in [-0.15, -0.1) is 11.3 Å². The number of nitrogens with one attached hydrogen (secondary N) is 3. The summed E-state index contributed by atoms with van der Waals surface area (Å²) in [5.74, 6) is -1.05. The number of carbonyl (C=O) groups is 3. The van der Waals surface area contributed by atoms with Gasteiger partial charge in [-0.3, -0.25) is 9.48 Å². The van der Waals surface area contributed by atoms with Crippen LogP contribution in [0.4, 0.5) is 16.4 Å². The second-order valence-electron chi connectivity index (χ2n) is 12.5. The Labute approximate surface area is 265 Å². The molecule has 0 radical (unpaired) electrons. The number of nitrogens with zero attached hydrogens (tertiary/aromatic N) is 5. The number of hydrogen-bond acceptors (Lipinski definition) is 10. The SMILES string of the molecule is Cc1cc(-c2ccnc(Nc3cnn(CC(NC(=O)OC(C)(C)C)C(=O)O)c3)n2)ccc1CNC(=O)c1cnc(C(C)(C)C)s1. The highest BCUT2D eigenvalue weighted by Crippen LogP contribution is 2.27. The molecule has 0 aliphatic heterocycles. The molecule has 45 heavy (non-hydrogen) atoms. The lowest BCUT2D eigenvalue weighted by atomic mass is 9.98. The first-order valence-corrected chi connectivity index (χ1v) is 15.1. The first kappa shape index (κ1) is 33.1. The fraction of sp³-hybridized carbons (Fsp3) is 0.387. The molecule has 0 aliphatic carbocycles. The second-order valence-corrected chi connectivity index (χ2v) is 13.5. The molecule has 3 heterocycles. The fourth-order valence-corrected chi connectivity index (χ4v) is 4.99. The van der Waals surface area contributed by atoms with Crippen LogP contribution in [0.3, 0.4) is 0 Å². The van der Waals surface area contributed by atoms with Crippen LogP contribution in [0.25, 0.3) is 11.3 Å². The maximum Gasteiger partial charge on any atom is 0.408 e. The Hall–Kier alpha value is -4.85. The van der Waals surface area contributed by atoms with Crippen molar-refractivity contribution in [3.05, 3.63) is 70.1 Å². The smallest absolute Gasteiger partial charge is 0.408 e. The van der Waals surface area contributed by atoms with Gasteiger partial charge in [-0.05, 0) is 51.0 Å². The standard InChI is InChI=1S/C31H38N8O5S/c1-18-12-19(8-9-20(18)13-33-25(40)24-15-34-27(45-24)30(2,3)4)22-10-11-32-28(37-22)36-21-14-35-39(16-21)17-23(26(41)42)38-29(43)44-31(5,6)7/h8-12,14-16,23H,13,17H2,1-7H3,(H,33,40)(H,38,43)(H,41,42)(H,32,36,37). The van der Waals surface area contributed by atoms with E-state index in [1.54, 1.807) is 45.4 Å². The molecule has 4 rings (SSSR count). The summed E-state index contributed by atoms with van der Waals surface area (Å²) in [6.07, 6.45) is 5.52. The summed E-state index contributed by atoms with van der Waals surface area (Å²) in [7, 11) is 0. The molecule has 4 N–H and O–H groups in total. The largest absolute Gasteiger partial charge is 0.480 e. The van der Waals surface area contributed by atoms with Crippen LogP contribution in [0.2, 0.25) is 0 Å². The number of carboxylic acids is 1. The molecule has 3 aromatic heterocycles. The summed E-state index contributed by atoms with van der Waals surface area (Å²) in [6, 6.07) is 6.44. The van der Waals surface area contributed by atoms with Crippen LogP contribution >= 0.6 is 11.3 Å². The number of ether oxygens (including phenoxy) is 1. The third-order valence-electron chi connectivity index (χ3n) is 6.35. The minimum absolute atomic E-state index is 0.109. The molecular formula is C31H38N8O5S. The minimum atomic E-state index is -1.25. The number of anilines is 2. The Balaban J connectivity index is 1.37. The summed E-state index contributed by atoms with van der Waals surface area (Å²) in [5.41, 5.74) is 3.20. The van der Waals surface area contributed by atoms with Crippen LogP contribution < -0.4 is 16.0 Å². The summed E-state index contributed by atoms with van der Waals surface area (Å²) >= 11 is 1.41. The highest BCUT2D eigenvalue weighted by atomic mass is 32.1. The van der Waals surface area contributed by atoms with E-state index in [0.717, 1.165) is 21.7 Å². The molecule has 0 saturated heterocycles. The van der Waals surface area contributed by atoms with Crippen molar-refractivity contribution in [3.63, 3.8) is 0 Å². The van der Waals surface area contributed by atoms with Crippen molar-refractivity contribution in [1.29, 1.82) is 0 Å². The molecule has 0 saturated carbocycles. The van der Waals surface area contributed by atoms with E-state index in [9.17, 15) is 19.5 Å². The monoisotopic (exact) mass is 634 g/mol. The Bertz CT molecular complexity index is 1690. The first-order chi connectivity index (χ1) is 21.1. The molecule has 13 nitrogen and oxygen atoms in total. The highest BCUT2D eigenvalue weighted by molar-refractivity contribution is 7.13. The molecule has 238 valence electrons. The summed E-state index contributed by atoms with van der Waals surface area (Å²) < 4.78 is 6.55. The predicted molar refractivity (Wildman–Crippen MR) is 170 cm³/mol. The number of carbonyl (C=O) groups excluding carboxylic acids is 2. The average Bonchev–Trinajstić information content (AvgIpc) is 3.61. The van der Waals surface area contributed by atoms with Crippen molar-refractivity contribution < 1.29 is 24.2 Å². The van der Waals surface area contributed by atoms with Crippen molar-refractivity contribution >= 4 is 40.9 Å². The van der Waals surface area contributed by atoms with Crippen LogP contribution in [-0.2, 0) is 28.0 Å². The van der Waals surface area contributed by atoms with E-state index in [1.807, 2.05) is 25.1 Å². The predicted octanol–water partition coefficient (Wildman–Crippen LogP) is 5.05. The van der Waals surface area contributed by atoms with Crippen molar-refractivity contribution in [2.75, 3.05) is 5.32 Å². The minimum Gasteiger partial charge on any atom is -0.480 e. The third-order valence-corrected chi connectivity index (χ3v) is 7.77. The molecule has 1 aromatic carbocycles. The van der Waals surface area contributed by atoms with Crippen molar-refractivity contribution in [2.45, 2.75) is 78.6 Å². The zero-order valence-electron chi connectivity index (χ0n) is 26.3. The molecule has 1 atom stereocenters. The van der Waals surface area contributed by atoms with Gasteiger partial charge in [-0.2, -0.15) is 5.10 Å². The first-order valence-electron chi connectivity index (χ1n) is 14.3. The molecule has 0 spiro atoms. The van der Waals surface area contributed by atoms with Gasteiger partial charge in [-0.1, -0.05) is 32.9 Å². The van der Waals surface area contributed by atoms with E-state index in [0.29, 0.717) is 28.8 Å². The van der Waals surface area contributed by atoms with Crippen LogP contribution in [0.1, 0.15) is 67.3 Å². The maximum absolute atomic E-state index is 12.7. The van der Waals surface area contributed by atoms with Crippen LogP contribution in [0.15, 0.2) is 49.1 Å². The number of aryl methyl sites for hydroxylation is 1. The number of amides is 2. The quantitative estimate of drug-likeness (QED) is 0.185. The molecule has 1 unspecified atom stereocenters. The third kappa shape index (κ3) is 9.32. The lowest BCUT2D eigenvalue weighted by Gasteiger charge is -2.21. The molecule has 0 aliphatic rings. The molecular weight excluding hydrogens is 596 g/mol. The summed E-state index contributed by atoms with van der Waals surface area (Å²) in [6.45, 7) is 13.5. The number of aliphatic carboxylic acids is 1. The highest BCUT2D eigenvalue weighted by Gasteiger charge is 2.25. The van der Waals surface area contributed by atoms with Gasteiger partial charge in [0.15, 0.2) is 0 Å². The lowest BCUT2D eigenvalue weighted by molar-refractivity contribution is -0.139. The van der Waals surface area contributed by atoms with Gasteiger partial charge in [0.1, 0.15) is 16.5 Å². The van der Waals surface area contributed by atoms with Gasteiger partial charge in [0.25, 0.3) is 5.91 Å². The van der Waals surface area contributed by atoms with Gasteiger partial charge in [0, 0.05) is 29.9 Å². The van der Waals surface area contributed by atoms with Crippen molar-refractivity contribution in [1.82, 2.24) is 35.4 Å². The van der Waals surface area contributed by atoms with Gasteiger partial charge >= 0.3 is 12.1 Å². The normalized spacial score (nSPS) is 12.3. The zero-order valence-corrected chi connectivity index (χ0v) is 27.2. The molecule has 0 fully saturated rings. The van der Waals surface area contributed by atoms with E-state index >= 15 is 0 Å². The average molecular weight is 635 g/mol. The summed E-state index contributed by atoms with van der Waals surface area (Å²) in [5, 5.41) is 23.1. The van der Waals surface area contributed by atoms with Gasteiger partial charge in [0.2, 0.25) is 5.95 Å². The van der Waals surface area contributed by atoms with E-state index in [4.69, 9.17) is 4.74 Å². The Morgan fingerprint density at radius 2 is 1.82 bits per heavy atom. The zero-order chi connectivity index (χ0) is 32.9.